The van der Waals surface area contributed by atoms with Crippen molar-refractivity contribution in [2.24, 2.45) is 0 Å². The van der Waals surface area contributed by atoms with Crippen molar-refractivity contribution in [3.8, 4) is 22.7 Å². The second-order valence-corrected chi connectivity index (χ2v) is 12.4. The molecule has 1 aliphatic carbocycles. The van der Waals surface area contributed by atoms with Gasteiger partial charge < -0.3 is 24.0 Å². The van der Waals surface area contributed by atoms with E-state index in [1.165, 1.54) is 11.1 Å². The van der Waals surface area contributed by atoms with Crippen LogP contribution in [0.4, 0.5) is 20.2 Å². The molecule has 1 saturated carbocycles. The summed E-state index contributed by atoms with van der Waals surface area (Å²) in [5.74, 6) is -0.0284. The lowest BCUT2D eigenvalue weighted by Gasteiger charge is -2.28. The number of aromatic nitrogens is 3. The molecule has 2 aromatic heterocycles. The number of anilines is 1. The number of rotatable bonds is 6. The SMILES string of the molecule is CC(C)(C)OC(=O)N(C(=O)OC(C)(C)C)c1ncc(Br)nc1-c1cc(-c2ccc(CN(C(=O)O)C3CC3)cc2)no1. The number of imide groups is 1. The van der Waals surface area contributed by atoms with E-state index in [-0.39, 0.29) is 23.3 Å². The summed E-state index contributed by atoms with van der Waals surface area (Å²) < 4.78 is 16.9. The minimum Gasteiger partial charge on any atom is -0.465 e. The van der Waals surface area contributed by atoms with Crippen LogP contribution in [-0.4, -0.2) is 60.7 Å². The summed E-state index contributed by atoms with van der Waals surface area (Å²) in [6.45, 7) is 10.3. The van der Waals surface area contributed by atoms with Crippen LogP contribution < -0.4 is 4.90 Å². The highest BCUT2D eigenvalue weighted by Crippen LogP contribution is 2.34. The summed E-state index contributed by atoms with van der Waals surface area (Å²) in [6, 6.07) is 8.96. The molecule has 1 aliphatic rings. The van der Waals surface area contributed by atoms with Crippen LogP contribution in [0.3, 0.4) is 0 Å². The fraction of sp³-hybridized carbons (Fsp3) is 0.429. The van der Waals surface area contributed by atoms with Crippen molar-refractivity contribution in [1.82, 2.24) is 20.0 Å². The molecule has 12 nitrogen and oxygen atoms in total. The average molecular weight is 630 g/mol. The van der Waals surface area contributed by atoms with Gasteiger partial charge in [0.1, 0.15) is 21.5 Å². The van der Waals surface area contributed by atoms with E-state index in [9.17, 15) is 19.5 Å². The first-order valence-corrected chi connectivity index (χ1v) is 13.8. The number of amides is 3. The highest BCUT2D eigenvalue weighted by Gasteiger charge is 2.37. The first-order chi connectivity index (χ1) is 19.1. The summed E-state index contributed by atoms with van der Waals surface area (Å²) in [4.78, 5) is 48.8. The molecule has 3 aromatic rings. The Morgan fingerprint density at radius 1 is 1.02 bits per heavy atom. The number of nitrogens with zero attached hydrogens (tertiary/aromatic N) is 5. The smallest absolute Gasteiger partial charge is 0.425 e. The standard InChI is InChI=1S/C28H32BrN5O7/c1-27(2,3)39-25(37)34(26(38)40-28(4,5)6)23-22(31-21(29)14-30-23)20-13-19(32-41-20)17-9-7-16(8-10-17)15-33(24(35)36)18-11-12-18/h7-10,13-14,18H,11-12,15H2,1-6H3,(H,35,36). The zero-order valence-electron chi connectivity index (χ0n) is 23.7. The van der Waals surface area contributed by atoms with Gasteiger partial charge in [-0.05, 0) is 75.9 Å². The van der Waals surface area contributed by atoms with Gasteiger partial charge in [0, 0.05) is 24.2 Å². The van der Waals surface area contributed by atoms with Gasteiger partial charge in [0.25, 0.3) is 0 Å². The predicted octanol–water partition coefficient (Wildman–Crippen LogP) is 6.88. The second kappa shape index (κ2) is 11.5. The van der Waals surface area contributed by atoms with Crippen LogP contribution in [0.25, 0.3) is 22.7 Å². The molecule has 1 aromatic carbocycles. The Balaban J connectivity index is 1.66. The van der Waals surface area contributed by atoms with Gasteiger partial charge in [-0.3, -0.25) is 0 Å². The third kappa shape index (κ3) is 7.81. The molecule has 1 fully saturated rings. The quantitative estimate of drug-likeness (QED) is 0.306. The van der Waals surface area contributed by atoms with Crippen molar-refractivity contribution in [3.05, 3.63) is 46.7 Å². The molecule has 2 heterocycles. The summed E-state index contributed by atoms with van der Waals surface area (Å²) >= 11 is 3.29. The van der Waals surface area contributed by atoms with Gasteiger partial charge in [-0.15, -0.1) is 0 Å². The van der Waals surface area contributed by atoms with Crippen LogP contribution in [0.5, 0.6) is 0 Å². The second-order valence-electron chi connectivity index (χ2n) is 11.6. The minimum atomic E-state index is -0.999. The average Bonchev–Trinajstić information content (AvgIpc) is 3.56. The van der Waals surface area contributed by atoms with Crippen molar-refractivity contribution < 1.29 is 33.5 Å². The van der Waals surface area contributed by atoms with Crippen LogP contribution in [0.15, 0.2) is 45.7 Å². The number of hydrogen-bond donors (Lipinski definition) is 1. The molecule has 218 valence electrons. The Labute approximate surface area is 245 Å². The lowest BCUT2D eigenvalue weighted by molar-refractivity contribution is 0.0428. The molecule has 0 radical (unpaired) electrons. The van der Waals surface area contributed by atoms with Crippen molar-refractivity contribution in [2.75, 3.05) is 4.90 Å². The van der Waals surface area contributed by atoms with E-state index in [2.05, 4.69) is 31.1 Å². The maximum absolute atomic E-state index is 13.2. The van der Waals surface area contributed by atoms with E-state index in [0.717, 1.165) is 18.4 Å². The molecule has 0 aliphatic heterocycles. The summed E-state index contributed by atoms with van der Waals surface area (Å²) in [6.07, 6.45) is 0.162. The van der Waals surface area contributed by atoms with Gasteiger partial charge in [0.15, 0.2) is 17.3 Å². The van der Waals surface area contributed by atoms with E-state index < -0.39 is 29.5 Å². The maximum atomic E-state index is 13.2. The molecule has 13 heteroatoms. The zero-order chi connectivity index (χ0) is 30.1. The van der Waals surface area contributed by atoms with Crippen molar-refractivity contribution >= 4 is 40.0 Å². The van der Waals surface area contributed by atoms with Crippen molar-refractivity contribution in [3.63, 3.8) is 0 Å². The zero-order valence-corrected chi connectivity index (χ0v) is 25.3. The number of ether oxygens (including phenoxy) is 2. The molecule has 0 unspecified atom stereocenters. The molecule has 0 spiro atoms. The largest absolute Gasteiger partial charge is 0.465 e. The maximum Gasteiger partial charge on any atom is 0.425 e. The molecule has 3 amide bonds. The number of carbonyl (C=O) groups is 3. The Morgan fingerprint density at radius 2 is 1.61 bits per heavy atom. The lowest BCUT2D eigenvalue weighted by Crippen LogP contribution is -2.44. The van der Waals surface area contributed by atoms with Crippen LogP contribution in [-0.2, 0) is 16.0 Å². The van der Waals surface area contributed by atoms with E-state index in [4.69, 9.17) is 14.0 Å². The molecule has 0 bridgehead atoms. The van der Waals surface area contributed by atoms with Crippen LogP contribution in [0, 0.1) is 0 Å². The minimum absolute atomic E-state index is 0.0491. The number of benzene rings is 1. The van der Waals surface area contributed by atoms with Crippen LogP contribution in [0.1, 0.15) is 59.9 Å². The molecule has 4 rings (SSSR count). The third-order valence-corrected chi connectivity index (χ3v) is 6.05. The topological polar surface area (TPSA) is 148 Å². The number of carboxylic acid groups (broad SMARTS) is 1. The van der Waals surface area contributed by atoms with Gasteiger partial charge >= 0.3 is 18.3 Å². The highest BCUT2D eigenvalue weighted by molar-refractivity contribution is 9.10. The monoisotopic (exact) mass is 629 g/mol. The fourth-order valence-electron chi connectivity index (χ4n) is 3.79. The summed E-state index contributed by atoms with van der Waals surface area (Å²) in [7, 11) is 0. The first kappa shape index (κ1) is 30.0. The van der Waals surface area contributed by atoms with E-state index in [0.29, 0.717) is 27.3 Å². The normalized spacial score (nSPS) is 13.4. The predicted molar refractivity (Wildman–Crippen MR) is 152 cm³/mol. The molecule has 1 N–H and O–H groups in total. The Kier molecular flexibility index (Phi) is 8.39. The van der Waals surface area contributed by atoms with Gasteiger partial charge in [0.2, 0.25) is 0 Å². The summed E-state index contributed by atoms with van der Waals surface area (Å²) in [5.41, 5.74) is 0.235. The van der Waals surface area contributed by atoms with E-state index in [1.54, 1.807) is 47.6 Å². The molecular weight excluding hydrogens is 598 g/mol. The van der Waals surface area contributed by atoms with Gasteiger partial charge in [-0.1, -0.05) is 29.4 Å². The highest BCUT2D eigenvalue weighted by atomic mass is 79.9. The van der Waals surface area contributed by atoms with Crippen molar-refractivity contribution in [2.45, 2.75) is 78.2 Å². The third-order valence-electron chi connectivity index (χ3n) is 5.67. The Morgan fingerprint density at radius 3 is 2.12 bits per heavy atom. The van der Waals surface area contributed by atoms with E-state index >= 15 is 0 Å². The molecule has 41 heavy (non-hydrogen) atoms. The van der Waals surface area contributed by atoms with Gasteiger partial charge in [-0.25, -0.2) is 24.4 Å². The van der Waals surface area contributed by atoms with Crippen LogP contribution in [0.2, 0.25) is 0 Å². The Bertz CT molecular complexity index is 1410. The first-order valence-electron chi connectivity index (χ1n) is 13.0. The lowest BCUT2D eigenvalue weighted by atomic mass is 10.1. The summed E-state index contributed by atoms with van der Waals surface area (Å²) in [5, 5.41) is 13.6. The van der Waals surface area contributed by atoms with Gasteiger partial charge in [0.05, 0.1) is 6.20 Å². The van der Waals surface area contributed by atoms with E-state index in [1.807, 2.05) is 24.3 Å². The number of carbonyl (C=O) groups excluding carboxylic acids is 2. The Hall–Kier alpha value is -4.00. The fourth-order valence-corrected chi connectivity index (χ4v) is 4.07. The number of halogens is 1. The molecular formula is C28H32BrN5O7. The van der Waals surface area contributed by atoms with Gasteiger partial charge in [-0.2, -0.15) is 4.90 Å². The number of hydrogen-bond acceptors (Lipinski definition) is 9. The van der Waals surface area contributed by atoms with Crippen molar-refractivity contribution in [1.29, 1.82) is 0 Å². The molecule has 0 atom stereocenters. The molecule has 0 saturated heterocycles. The van der Waals surface area contributed by atoms with Crippen LogP contribution >= 0.6 is 15.9 Å².